The molecule has 1 aromatic rings. The number of nitrogens with one attached hydrogen (secondary N) is 2. The number of pyridine rings is 1. The molecule has 1 aliphatic carbocycles. The minimum absolute atomic E-state index is 0.0414. The number of hydrogen-bond acceptors (Lipinski definition) is 4. The molecule has 2 rings (SSSR count). The summed E-state index contributed by atoms with van der Waals surface area (Å²) in [6.07, 6.45) is 4.67. The molecule has 19 heavy (non-hydrogen) atoms. The van der Waals surface area contributed by atoms with E-state index in [1.165, 1.54) is 0 Å². The van der Waals surface area contributed by atoms with Crippen LogP contribution < -0.4 is 10.0 Å². The third-order valence-corrected chi connectivity index (χ3v) is 5.09. The molecule has 106 valence electrons. The molecule has 0 aromatic carbocycles. The van der Waals surface area contributed by atoms with Gasteiger partial charge < -0.3 is 5.32 Å². The number of sulfonamides is 1. The Hall–Kier alpha value is -1.14. The summed E-state index contributed by atoms with van der Waals surface area (Å²) in [6.45, 7) is 4.64. The SMILES string of the molecule is CCNc1ncccc1S(=O)(=O)NC1CCCC1C. The molecule has 1 saturated carbocycles. The normalized spacial score (nSPS) is 23.5. The van der Waals surface area contributed by atoms with Gasteiger partial charge in [-0.15, -0.1) is 0 Å². The van der Waals surface area contributed by atoms with Crippen LogP contribution in [0.3, 0.4) is 0 Å². The van der Waals surface area contributed by atoms with Gasteiger partial charge in [0, 0.05) is 18.8 Å². The quantitative estimate of drug-likeness (QED) is 0.867. The van der Waals surface area contributed by atoms with Crippen molar-refractivity contribution in [1.29, 1.82) is 0 Å². The molecule has 0 spiro atoms. The molecule has 0 aliphatic heterocycles. The summed E-state index contributed by atoms with van der Waals surface area (Å²) < 4.78 is 27.7. The van der Waals surface area contributed by atoms with E-state index in [0.29, 0.717) is 18.3 Å². The molecule has 0 saturated heterocycles. The minimum Gasteiger partial charge on any atom is -0.369 e. The van der Waals surface area contributed by atoms with Gasteiger partial charge in [0.1, 0.15) is 10.7 Å². The van der Waals surface area contributed by atoms with Crippen molar-refractivity contribution in [2.75, 3.05) is 11.9 Å². The van der Waals surface area contributed by atoms with Crippen molar-refractivity contribution < 1.29 is 8.42 Å². The van der Waals surface area contributed by atoms with Gasteiger partial charge in [0.2, 0.25) is 10.0 Å². The smallest absolute Gasteiger partial charge is 0.244 e. The van der Waals surface area contributed by atoms with Gasteiger partial charge in [0.25, 0.3) is 0 Å². The largest absolute Gasteiger partial charge is 0.369 e. The first-order valence-electron chi connectivity index (χ1n) is 6.76. The van der Waals surface area contributed by atoms with E-state index >= 15 is 0 Å². The van der Waals surface area contributed by atoms with Crippen molar-refractivity contribution in [3.05, 3.63) is 18.3 Å². The highest BCUT2D eigenvalue weighted by atomic mass is 32.2. The van der Waals surface area contributed by atoms with E-state index in [9.17, 15) is 8.42 Å². The summed E-state index contributed by atoms with van der Waals surface area (Å²) in [5.41, 5.74) is 0. The predicted molar refractivity (Wildman–Crippen MR) is 75.5 cm³/mol. The summed E-state index contributed by atoms with van der Waals surface area (Å²) in [5, 5.41) is 2.99. The van der Waals surface area contributed by atoms with Crippen LogP contribution in [0.2, 0.25) is 0 Å². The summed E-state index contributed by atoms with van der Waals surface area (Å²) in [6, 6.07) is 3.28. The lowest BCUT2D eigenvalue weighted by Crippen LogP contribution is -2.36. The van der Waals surface area contributed by atoms with Crippen LogP contribution in [0.1, 0.15) is 33.1 Å². The second kappa shape index (κ2) is 5.88. The summed E-state index contributed by atoms with van der Waals surface area (Å²) in [7, 11) is -3.50. The first-order valence-corrected chi connectivity index (χ1v) is 8.24. The molecule has 2 unspecified atom stereocenters. The zero-order chi connectivity index (χ0) is 13.9. The molecule has 0 radical (unpaired) electrons. The minimum atomic E-state index is -3.50. The Labute approximate surface area is 114 Å². The van der Waals surface area contributed by atoms with Crippen LogP contribution in [0, 0.1) is 5.92 Å². The van der Waals surface area contributed by atoms with Crippen LogP contribution in [0.25, 0.3) is 0 Å². The van der Waals surface area contributed by atoms with Crippen LogP contribution in [0.5, 0.6) is 0 Å². The average Bonchev–Trinajstić information content (AvgIpc) is 2.75. The number of hydrogen-bond donors (Lipinski definition) is 2. The van der Waals surface area contributed by atoms with Gasteiger partial charge in [-0.3, -0.25) is 0 Å². The number of nitrogens with zero attached hydrogens (tertiary/aromatic N) is 1. The maximum absolute atomic E-state index is 12.4. The highest BCUT2D eigenvalue weighted by Crippen LogP contribution is 2.27. The molecule has 1 fully saturated rings. The summed E-state index contributed by atoms with van der Waals surface area (Å²) in [5.74, 6) is 0.817. The Morgan fingerprint density at radius 1 is 1.42 bits per heavy atom. The Morgan fingerprint density at radius 2 is 2.21 bits per heavy atom. The Bertz CT molecular complexity index is 530. The number of aromatic nitrogens is 1. The Kier molecular flexibility index (Phi) is 4.42. The third kappa shape index (κ3) is 3.25. The molecule has 0 bridgehead atoms. The predicted octanol–water partition coefficient (Wildman–Crippen LogP) is 1.98. The fraction of sp³-hybridized carbons (Fsp3) is 0.615. The maximum Gasteiger partial charge on any atom is 0.244 e. The van der Waals surface area contributed by atoms with E-state index in [2.05, 4.69) is 21.9 Å². The fourth-order valence-electron chi connectivity index (χ4n) is 2.49. The summed E-state index contributed by atoms with van der Waals surface area (Å²) in [4.78, 5) is 4.33. The first kappa shape index (κ1) is 14.3. The monoisotopic (exact) mass is 283 g/mol. The molecule has 0 amide bonds. The van der Waals surface area contributed by atoms with Gasteiger partial charge in [-0.2, -0.15) is 0 Å². The molecule has 2 atom stereocenters. The lowest BCUT2D eigenvalue weighted by atomic mass is 10.1. The topological polar surface area (TPSA) is 71.1 Å². The van der Waals surface area contributed by atoms with Crippen molar-refractivity contribution in [2.24, 2.45) is 5.92 Å². The van der Waals surface area contributed by atoms with Gasteiger partial charge >= 0.3 is 0 Å². The van der Waals surface area contributed by atoms with Crippen molar-refractivity contribution in [3.63, 3.8) is 0 Å². The van der Waals surface area contributed by atoms with Gasteiger partial charge in [-0.05, 0) is 37.8 Å². The van der Waals surface area contributed by atoms with Crippen molar-refractivity contribution in [1.82, 2.24) is 9.71 Å². The molecule has 1 aliphatic rings. The van der Waals surface area contributed by atoms with Gasteiger partial charge in [-0.1, -0.05) is 13.3 Å². The molecule has 1 aromatic heterocycles. The van der Waals surface area contributed by atoms with E-state index in [4.69, 9.17) is 0 Å². The van der Waals surface area contributed by atoms with Gasteiger partial charge in [0.05, 0.1) is 0 Å². The molecule has 1 heterocycles. The highest BCUT2D eigenvalue weighted by Gasteiger charge is 2.29. The standard InChI is InChI=1S/C13H21N3O2S/c1-3-14-13-12(8-5-9-15-13)19(17,18)16-11-7-4-6-10(11)2/h5,8-11,16H,3-4,6-7H2,1-2H3,(H,14,15). The van der Waals surface area contributed by atoms with Crippen molar-refractivity contribution in [3.8, 4) is 0 Å². The van der Waals surface area contributed by atoms with Crippen LogP contribution in [0.4, 0.5) is 5.82 Å². The summed E-state index contributed by atoms with van der Waals surface area (Å²) >= 11 is 0. The van der Waals surface area contributed by atoms with E-state index in [-0.39, 0.29) is 10.9 Å². The Morgan fingerprint density at radius 3 is 2.84 bits per heavy atom. The van der Waals surface area contributed by atoms with Crippen LogP contribution in [0.15, 0.2) is 23.2 Å². The van der Waals surface area contributed by atoms with Crippen LogP contribution >= 0.6 is 0 Å². The second-order valence-corrected chi connectivity index (χ2v) is 6.70. The second-order valence-electron chi connectivity index (χ2n) is 5.02. The van der Waals surface area contributed by atoms with Crippen LogP contribution in [-0.2, 0) is 10.0 Å². The zero-order valence-electron chi connectivity index (χ0n) is 11.4. The zero-order valence-corrected chi connectivity index (χ0v) is 12.2. The van der Waals surface area contributed by atoms with Crippen LogP contribution in [-0.4, -0.2) is 26.0 Å². The molecular weight excluding hydrogens is 262 g/mol. The van der Waals surface area contributed by atoms with Gasteiger partial charge in [-0.25, -0.2) is 18.1 Å². The maximum atomic E-state index is 12.4. The van der Waals surface area contributed by atoms with Gasteiger partial charge in [0.15, 0.2) is 0 Å². The fourth-order valence-corrected chi connectivity index (χ4v) is 4.00. The van der Waals surface area contributed by atoms with Crippen molar-refractivity contribution in [2.45, 2.75) is 44.0 Å². The number of rotatable bonds is 5. The average molecular weight is 283 g/mol. The van der Waals surface area contributed by atoms with E-state index in [1.807, 2.05) is 6.92 Å². The van der Waals surface area contributed by atoms with Crippen molar-refractivity contribution >= 4 is 15.8 Å². The third-order valence-electron chi connectivity index (χ3n) is 3.57. The lowest BCUT2D eigenvalue weighted by molar-refractivity contribution is 0.476. The molecule has 6 heteroatoms. The van der Waals surface area contributed by atoms with E-state index in [1.54, 1.807) is 18.3 Å². The molecule has 5 nitrogen and oxygen atoms in total. The van der Waals surface area contributed by atoms with E-state index < -0.39 is 10.0 Å². The first-order chi connectivity index (χ1) is 9.04. The number of anilines is 1. The lowest BCUT2D eigenvalue weighted by Gasteiger charge is -2.18. The molecule has 2 N–H and O–H groups in total. The Balaban J connectivity index is 2.24. The van der Waals surface area contributed by atoms with E-state index in [0.717, 1.165) is 19.3 Å². The molecular formula is C13H21N3O2S. The highest BCUT2D eigenvalue weighted by molar-refractivity contribution is 7.89.